The molecule has 1 aromatic rings. The van der Waals surface area contributed by atoms with Crippen molar-refractivity contribution in [2.45, 2.75) is 26.7 Å². The fraction of sp³-hybridized carbons (Fsp3) is 0.533. The average molecular weight is 267 g/mol. The van der Waals surface area contributed by atoms with E-state index >= 15 is 0 Å². The highest BCUT2D eigenvalue weighted by molar-refractivity contribution is 6.00. The van der Waals surface area contributed by atoms with E-state index in [1.165, 1.54) is 0 Å². The molecular formula is C15H19F2NO. The lowest BCUT2D eigenvalue weighted by Crippen LogP contribution is -2.42. The first-order valence-corrected chi connectivity index (χ1v) is 6.63. The van der Waals surface area contributed by atoms with E-state index in [1.54, 1.807) is 0 Å². The molecule has 0 aromatic heterocycles. The largest absolute Gasteiger partial charge is 0.316 e. The van der Waals surface area contributed by atoms with Gasteiger partial charge < -0.3 is 5.32 Å². The third-order valence-corrected chi connectivity index (χ3v) is 4.03. The zero-order valence-corrected chi connectivity index (χ0v) is 11.3. The van der Waals surface area contributed by atoms with Crippen molar-refractivity contribution < 1.29 is 13.6 Å². The molecule has 1 aliphatic heterocycles. The van der Waals surface area contributed by atoms with Crippen molar-refractivity contribution in [1.29, 1.82) is 0 Å². The van der Waals surface area contributed by atoms with Gasteiger partial charge in [0.05, 0.1) is 0 Å². The van der Waals surface area contributed by atoms with E-state index in [9.17, 15) is 13.6 Å². The highest BCUT2D eigenvalue weighted by Gasteiger charge is 2.37. The molecule has 0 saturated carbocycles. The van der Waals surface area contributed by atoms with Crippen LogP contribution in [0.2, 0.25) is 0 Å². The van der Waals surface area contributed by atoms with Crippen LogP contribution in [0.25, 0.3) is 0 Å². The van der Waals surface area contributed by atoms with Crippen molar-refractivity contribution in [3.05, 3.63) is 35.4 Å². The summed E-state index contributed by atoms with van der Waals surface area (Å²) in [7, 11) is 0. The van der Waals surface area contributed by atoms with Crippen LogP contribution >= 0.6 is 0 Å². The number of carbonyl (C=O) groups is 1. The smallest absolute Gasteiger partial charge is 0.168 e. The Hall–Kier alpha value is -1.29. The van der Waals surface area contributed by atoms with Crippen LogP contribution in [0.4, 0.5) is 8.78 Å². The zero-order chi connectivity index (χ0) is 14.0. The highest BCUT2D eigenvalue weighted by Crippen LogP contribution is 2.35. The second kappa shape index (κ2) is 5.37. The number of nitrogens with one attached hydrogen (secondary N) is 1. The Morgan fingerprint density at radius 3 is 2.42 bits per heavy atom. The van der Waals surface area contributed by atoms with Gasteiger partial charge in [-0.25, -0.2) is 8.78 Å². The first-order valence-electron chi connectivity index (χ1n) is 6.63. The van der Waals surface area contributed by atoms with Crippen molar-refractivity contribution in [2.24, 2.45) is 11.3 Å². The first kappa shape index (κ1) is 14.1. The average Bonchev–Trinajstić information content (AvgIpc) is 2.37. The predicted molar refractivity (Wildman–Crippen MR) is 70.1 cm³/mol. The summed E-state index contributed by atoms with van der Waals surface area (Å²) in [6.07, 6.45) is 1.99. The molecule has 1 N–H and O–H groups in total. The summed E-state index contributed by atoms with van der Waals surface area (Å²) in [5, 5.41) is 3.27. The molecule has 2 nitrogen and oxygen atoms in total. The number of rotatable bonds is 3. The van der Waals surface area contributed by atoms with E-state index in [0.29, 0.717) is 0 Å². The lowest BCUT2D eigenvalue weighted by Gasteiger charge is -2.36. The Labute approximate surface area is 112 Å². The molecule has 1 aliphatic rings. The molecule has 2 rings (SSSR count). The fourth-order valence-corrected chi connectivity index (χ4v) is 2.71. The number of Topliss-reactive ketones (excluding diaryl/α,β-unsaturated/α-hetero) is 1. The zero-order valence-electron chi connectivity index (χ0n) is 11.3. The van der Waals surface area contributed by atoms with Gasteiger partial charge in [0.1, 0.15) is 11.6 Å². The van der Waals surface area contributed by atoms with Gasteiger partial charge in [-0.1, -0.05) is 13.8 Å². The fourth-order valence-electron chi connectivity index (χ4n) is 2.71. The molecule has 1 fully saturated rings. The predicted octanol–water partition coefficient (Wildman–Crippen LogP) is 3.17. The maximum Gasteiger partial charge on any atom is 0.168 e. The summed E-state index contributed by atoms with van der Waals surface area (Å²) in [5.74, 6) is -1.42. The summed E-state index contributed by atoms with van der Waals surface area (Å²) in [6.45, 7) is 5.46. The second-order valence-electron chi connectivity index (χ2n) is 5.75. The van der Waals surface area contributed by atoms with Crippen LogP contribution in [0.15, 0.2) is 18.2 Å². The third kappa shape index (κ3) is 3.00. The highest BCUT2D eigenvalue weighted by atomic mass is 19.1. The lowest BCUT2D eigenvalue weighted by atomic mass is 9.70. The van der Waals surface area contributed by atoms with E-state index in [2.05, 4.69) is 5.32 Å². The maximum atomic E-state index is 13.2. The Bertz CT molecular complexity index is 459. The number of halogens is 2. The van der Waals surface area contributed by atoms with E-state index in [1.807, 2.05) is 13.8 Å². The molecule has 1 atom stereocenters. The van der Waals surface area contributed by atoms with E-state index in [0.717, 1.165) is 44.1 Å². The van der Waals surface area contributed by atoms with Gasteiger partial charge >= 0.3 is 0 Å². The molecule has 1 aromatic carbocycles. The minimum Gasteiger partial charge on any atom is -0.316 e. The van der Waals surface area contributed by atoms with Crippen LogP contribution in [-0.4, -0.2) is 18.9 Å². The lowest BCUT2D eigenvalue weighted by molar-refractivity contribution is 0.0707. The number of hydrogen-bond donors (Lipinski definition) is 1. The molecule has 0 amide bonds. The minimum absolute atomic E-state index is 0.119. The number of hydrogen-bond acceptors (Lipinski definition) is 2. The van der Waals surface area contributed by atoms with Crippen molar-refractivity contribution in [1.82, 2.24) is 5.32 Å². The van der Waals surface area contributed by atoms with Gasteiger partial charge in [-0.15, -0.1) is 0 Å². The molecule has 0 aliphatic carbocycles. The number of piperidine rings is 1. The normalized spacial score (nSPS) is 20.3. The van der Waals surface area contributed by atoms with Gasteiger partial charge in [0.15, 0.2) is 5.78 Å². The Balaban J connectivity index is 2.25. The van der Waals surface area contributed by atoms with Gasteiger partial charge in [-0.05, 0) is 44.0 Å². The Morgan fingerprint density at radius 1 is 1.26 bits per heavy atom. The van der Waals surface area contributed by atoms with Crippen LogP contribution < -0.4 is 5.32 Å². The van der Waals surface area contributed by atoms with Crippen molar-refractivity contribution in [3.8, 4) is 0 Å². The molecular weight excluding hydrogens is 248 g/mol. The summed E-state index contributed by atoms with van der Waals surface area (Å²) in [5.41, 5.74) is -0.499. The van der Waals surface area contributed by atoms with Crippen molar-refractivity contribution in [2.75, 3.05) is 13.1 Å². The molecule has 0 radical (unpaired) electrons. The summed E-state index contributed by atoms with van der Waals surface area (Å²) in [6, 6.07) is 3.01. The number of benzene rings is 1. The monoisotopic (exact) mass is 267 g/mol. The van der Waals surface area contributed by atoms with Gasteiger partial charge in [0.25, 0.3) is 0 Å². The van der Waals surface area contributed by atoms with Gasteiger partial charge in [-0.2, -0.15) is 0 Å². The van der Waals surface area contributed by atoms with Crippen LogP contribution in [0, 0.1) is 23.0 Å². The third-order valence-electron chi connectivity index (χ3n) is 4.03. The molecule has 1 heterocycles. The van der Waals surface area contributed by atoms with Crippen LogP contribution in [-0.2, 0) is 0 Å². The van der Waals surface area contributed by atoms with E-state index in [4.69, 9.17) is 0 Å². The Morgan fingerprint density at radius 2 is 1.89 bits per heavy atom. The molecule has 19 heavy (non-hydrogen) atoms. The molecule has 4 heteroatoms. The van der Waals surface area contributed by atoms with E-state index < -0.39 is 17.0 Å². The Kier molecular flexibility index (Phi) is 3.99. The molecule has 0 spiro atoms. The van der Waals surface area contributed by atoms with E-state index in [-0.39, 0.29) is 17.3 Å². The summed E-state index contributed by atoms with van der Waals surface area (Å²) in [4.78, 5) is 12.5. The van der Waals surface area contributed by atoms with Gasteiger partial charge in [-0.3, -0.25) is 4.79 Å². The van der Waals surface area contributed by atoms with Crippen LogP contribution in [0.1, 0.15) is 37.0 Å². The maximum absolute atomic E-state index is 13.2. The quantitative estimate of drug-likeness (QED) is 0.852. The summed E-state index contributed by atoms with van der Waals surface area (Å²) >= 11 is 0. The molecule has 104 valence electrons. The minimum atomic E-state index is -0.707. The second-order valence-corrected chi connectivity index (χ2v) is 5.75. The van der Waals surface area contributed by atoms with Crippen LogP contribution in [0.5, 0.6) is 0 Å². The van der Waals surface area contributed by atoms with Crippen molar-refractivity contribution >= 4 is 5.78 Å². The molecule has 1 saturated heterocycles. The van der Waals surface area contributed by atoms with Crippen molar-refractivity contribution in [3.63, 3.8) is 0 Å². The topological polar surface area (TPSA) is 29.1 Å². The SMILES string of the molecule is CC(C)(C(=O)c1cc(F)cc(F)c1)C1CCCNC1. The van der Waals surface area contributed by atoms with Gasteiger partial charge in [0.2, 0.25) is 0 Å². The van der Waals surface area contributed by atoms with Gasteiger partial charge in [0, 0.05) is 17.0 Å². The number of carbonyl (C=O) groups excluding carboxylic acids is 1. The molecule has 0 bridgehead atoms. The number of ketones is 1. The molecule has 1 unspecified atom stereocenters. The van der Waals surface area contributed by atoms with Crippen LogP contribution in [0.3, 0.4) is 0 Å². The summed E-state index contributed by atoms with van der Waals surface area (Å²) < 4.78 is 26.4. The first-order chi connectivity index (χ1) is 8.91. The standard InChI is InChI=1S/C15H19F2NO/c1-15(2,11-4-3-5-18-9-11)14(19)10-6-12(16)8-13(17)7-10/h6-8,11,18H,3-5,9H2,1-2H3.